The molecule has 0 atom stereocenters. The lowest BCUT2D eigenvalue weighted by atomic mass is 10.1. The fourth-order valence-electron chi connectivity index (χ4n) is 1.82. The Morgan fingerprint density at radius 3 is 2.82 bits per heavy atom. The number of nitrogens with zero attached hydrogens (tertiary/aromatic N) is 1. The molecule has 0 amide bonds. The first-order valence-corrected chi connectivity index (χ1v) is 7.07. The largest absolute Gasteiger partial charge is 0.464 e. The van der Waals surface area contributed by atoms with Crippen molar-refractivity contribution in [1.82, 2.24) is 4.98 Å². The van der Waals surface area contributed by atoms with Gasteiger partial charge in [0.15, 0.2) is 0 Å². The molecule has 0 aliphatic heterocycles. The van der Waals surface area contributed by atoms with Crippen LogP contribution in [0.2, 0.25) is 10.0 Å². The lowest BCUT2D eigenvalue weighted by molar-refractivity contribution is -0.132. The molecule has 0 aliphatic rings. The number of nitrogens with one attached hydrogen (secondary N) is 2. The fourth-order valence-corrected chi connectivity index (χ4v) is 2.30. The molecular weight excluding hydrogens is 325 g/mol. The summed E-state index contributed by atoms with van der Waals surface area (Å²) in [6.07, 6.45) is 3.05. The summed E-state index contributed by atoms with van der Waals surface area (Å²) in [4.78, 5) is 15.5. The minimum absolute atomic E-state index is 0.241. The predicted molar refractivity (Wildman–Crippen MR) is 86.9 cm³/mol. The minimum atomic E-state index is -0.709. The van der Waals surface area contributed by atoms with Crippen molar-refractivity contribution in [2.24, 2.45) is 0 Å². The van der Waals surface area contributed by atoms with Gasteiger partial charge >= 0.3 is 5.97 Å². The molecule has 114 valence electrons. The number of pyridine rings is 1. The molecular formula is C15H13Cl2N3O2. The van der Waals surface area contributed by atoms with Gasteiger partial charge in [0.05, 0.1) is 19.0 Å². The summed E-state index contributed by atoms with van der Waals surface area (Å²) in [7, 11) is 1.23. The normalized spacial score (nSPS) is 10.1. The van der Waals surface area contributed by atoms with Gasteiger partial charge in [-0.2, -0.15) is 0 Å². The minimum Gasteiger partial charge on any atom is -0.464 e. The maximum absolute atomic E-state index is 11.5. The van der Waals surface area contributed by atoms with E-state index in [1.54, 1.807) is 24.3 Å². The summed E-state index contributed by atoms with van der Waals surface area (Å²) in [5.41, 5.74) is 1.55. The second kappa shape index (κ2) is 7.24. The monoisotopic (exact) mass is 337 g/mol. The third kappa shape index (κ3) is 3.75. The summed E-state index contributed by atoms with van der Waals surface area (Å²) in [6.45, 7) is 0.406. The smallest absolute Gasteiger partial charge is 0.356 e. The van der Waals surface area contributed by atoms with Crippen LogP contribution in [0, 0.1) is 5.41 Å². The van der Waals surface area contributed by atoms with E-state index < -0.39 is 5.97 Å². The van der Waals surface area contributed by atoms with E-state index in [1.165, 1.54) is 19.5 Å². The van der Waals surface area contributed by atoms with Crippen LogP contribution in [0.5, 0.6) is 0 Å². The van der Waals surface area contributed by atoms with Gasteiger partial charge in [-0.3, -0.25) is 10.4 Å². The number of anilines is 1. The molecule has 2 rings (SSSR count). The van der Waals surface area contributed by atoms with Gasteiger partial charge in [0.1, 0.15) is 5.71 Å². The standard InChI is InChI=1S/C15H13Cl2N3O2/c1-22-15(21)14(18)11-4-5-19-8-13(11)20-7-9-2-3-10(16)6-12(9)17/h2-6,8,18,20H,7H2,1H3. The van der Waals surface area contributed by atoms with Crippen LogP contribution in [0.4, 0.5) is 5.69 Å². The van der Waals surface area contributed by atoms with Crippen molar-refractivity contribution in [2.45, 2.75) is 6.54 Å². The first-order chi connectivity index (χ1) is 10.5. The van der Waals surface area contributed by atoms with Crippen molar-refractivity contribution < 1.29 is 9.53 Å². The van der Waals surface area contributed by atoms with Crippen LogP contribution in [0.25, 0.3) is 0 Å². The Morgan fingerprint density at radius 1 is 1.36 bits per heavy atom. The van der Waals surface area contributed by atoms with Gasteiger partial charge in [0, 0.05) is 28.4 Å². The molecule has 5 nitrogen and oxygen atoms in total. The van der Waals surface area contributed by atoms with E-state index in [-0.39, 0.29) is 5.71 Å². The fraction of sp³-hybridized carbons (Fsp3) is 0.133. The van der Waals surface area contributed by atoms with E-state index in [1.807, 2.05) is 0 Å². The van der Waals surface area contributed by atoms with E-state index in [4.69, 9.17) is 28.6 Å². The van der Waals surface area contributed by atoms with E-state index in [9.17, 15) is 4.79 Å². The number of aromatic nitrogens is 1. The number of benzene rings is 1. The molecule has 0 saturated heterocycles. The van der Waals surface area contributed by atoms with Gasteiger partial charge in [0.25, 0.3) is 0 Å². The Hall–Kier alpha value is -2.11. The first-order valence-electron chi connectivity index (χ1n) is 6.32. The van der Waals surface area contributed by atoms with Crippen LogP contribution >= 0.6 is 23.2 Å². The van der Waals surface area contributed by atoms with E-state index >= 15 is 0 Å². The molecule has 1 heterocycles. The number of rotatable bonds is 5. The molecule has 0 radical (unpaired) electrons. The third-order valence-electron chi connectivity index (χ3n) is 2.96. The molecule has 0 bridgehead atoms. The second-order valence-electron chi connectivity index (χ2n) is 4.38. The quantitative estimate of drug-likeness (QED) is 0.646. The lowest BCUT2D eigenvalue weighted by Gasteiger charge is -2.12. The molecule has 0 fully saturated rings. The molecule has 0 spiro atoms. The SMILES string of the molecule is COC(=O)C(=N)c1ccncc1NCc1ccc(Cl)cc1Cl. The van der Waals surface area contributed by atoms with Crippen molar-refractivity contribution in [3.63, 3.8) is 0 Å². The van der Waals surface area contributed by atoms with Crippen LogP contribution in [0.3, 0.4) is 0 Å². The summed E-state index contributed by atoms with van der Waals surface area (Å²) in [6, 6.07) is 6.77. The summed E-state index contributed by atoms with van der Waals surface area (Å²) in [5, 5.41) is 12.0. The Kier molecular flexibility index (Phi) is 5.35. The zero-order chi connectivity index (χ0) is 16.1. The van der Waals surface area contributed by atoms with Gasteiger partial charge in [-0.15, -0.1) is 0 Å². The molecule has 2 aromatic rings. The van der Waals surface area contributed by atoms with Crippen LogP contribution in [-0.2, 0) is 16.1 Å². The number of hydrogen-bond acceptors (Lipinski definition) is 5. The number of carbonyl (C=O) groups is 1. The molecule has 0 unspecified atom stereocenters. The Labute approximate surface area is 137 Å². The van der Waals surface area contributed by atoms with Crippen molar-refractivity contribution in [3.8, 4) is 0 Å². The lowest BCUT2D eigenvalue weighted by Crippen LogP contribution is -2.18. The topological polar surface area (TPSA) is 75.1 Å². The second-order valence-corrected chi connectivity index (χ2v) is 5.22. The van der Waals surface area contributed by atoms with Crippen LogP contribution in [0.1, 0.15) is 11.1 Å². The predicted octanol–water partition coefficient (Wildman–Crippen LogP) is 3.54. The van der Waals surface area contributed by atoms with E-state index in [2.05, 4.69) is 15.0 Å². The number of ether oxygens (including phenoxy) is 1. The van der Waals surface area contributed by atoms with Crippen LogP contribution < -0.4 is 5.32 Å². The molecule has 2 N–H and O–H groups in total. The first kappa shape index (κ1) is 16.3. The molecule has 0 aliphatic carbocycles. The highest BCUT2D eigenvalue weighted by atomic mass is 35.5. The summed E-state index contributed by atoms with van der Waals surface area (Å²) < 4.78 is 4.57. The third-order valence-corrected chi connectivity index (χ3v) is 3.55. The Bertz CT molecular complexity index is 720. The van der Waals surface area contributed by atoms with Crippen molar-refractivity contribution in [2.75, 3.05) is 12.4 Å². The van der Waals surface area contributed by atoms with Crippen molar-refractivity contribution >= 4 is 40.6 Å². The van der Waals surface area contributed by atoms with Gasteiger partial charge in [-0.05, 0) is 23.8 Å². The highest BCUT2D eigenvalue weighted by Crippen LogP contribution is 2.23. The van der Waals surface area contributed by atoms with E-state index in [0.717, 1.165) is 5.56 Å². The molecule has 22 heavy (non-hydrogen) atoms. The molecule has 1 aromatic carbocycles. The van der Waals surface area contributed by atoms with Gasteiger partial charge in [-0.25, -0.2) is 4.79 Å². The highest BCUT2D eigenvalue weighted by Gasteiger charge is 2.16. The zero-order valence-corrected chi connectivity index (χ0v) is 13.2. The van der Waals surface area contributed by atoms with Gasteiger partial charge < -0.3 is 10.1 Å². The zero-order valence-electron chi connectivity index (χ0n) is 11.7. The maximum Gasteiger partial charge on any atom is 0.356 e. The van der Waals surface area contributed by atoms with E-state index in [0.29, 0.717) is 27.8 Å². The van der Waals surface area contributed by atoms with Gasteiger partial charge in [-0.1, -0.05) is 29.3 Å². The number of esters is 1. The number of carbonyl (C=O) groups excluding carboxylic acids is 1. The van der Waals surface area contributed by atoms with Crippen molar-refractivity contribution in [3.05, 3.63) is 57.8 Å². The number of hydrogen-bond donors (Lipinski definition) is 2. The van der Waals surface area contributed by atoms with Crippen molar-refractivity contribution in [1.29, 1.82) is 5.41 Å². The molecule has 1 aromatic heterocycles. The average Bonchev–Trinajstić information content (AvgIpc) is 2.53. The number of methoxy groups -OCH3 is 1. The maximum atomic E-state index is 11.5. The molecule has 7 heteroatoms. The van der Waals surface area contributed by atoms with Crippen LogP contribution in [-0.4, -0.2) is 23.8 Å². The average molecular weight is 338 g/mol. The highest BCUT2D eigenvalue weighted by molar-refractivity contribution is 6.43. The van der Waals surface area contributed by atoms with Crippen LogP contribution in [0.15, 0.2) is 36.7 Å². The molecule has 0 saturated carbocycles. The summed E-state index contributed by atoms with van der Waals surface area (Å²) >= 11 is 12.0. The number of halogens is 2. The Morgan fingerprint density at radius 2 is 2.14 bits per heavy atom. The summed E-state index contributed by atoms with van der Waals surface area (Å²) in [5.74, 6) is -0.709. The Balaban J connectivity index is 2.20. The van der Waals surface area contributed by atoms with Gasteiger partial charge in [0.2, 0.25) is 0 Å².